The molecule has 3 aromatic rings. The summed E-state index contributed by atoms with van der Waals surface area (Å²) in [5.41, 5.74) is 3.72. The Labute approximate surface area is 168 Å². The maximum Gasteiger partial charge on any atom is 0.255 e. The summed E-state index contributed by atoms with van der Waals surface area (Å²) in [5, 5.41) is 3.46. The van der Waals surface area contributed by atoms with E-state index in [1.165, 1.54) is 11.8 Å². The van der Waals surface area contributed by atoms with Crippen molar-refractivity contribution in [2.45, 2.75) is 37.6 Å². The van der Waals surface area contributed by atoms with Crippen molar-refractivity contribution in [3.8, 4) is 0 Å². The van der Waals surface area contributed by atoms with Crippen LogP contribution < -0.4 is 10.9 Å². The molecule has 5 nitrogen and oxygen atoms in total. The van der Waals surface area contributed by atoms with Gasteiger partial charge in [-0.05, 0) is 30.5 Å². The largest absolute Gasteiger partial charge is 0.326 e. The van der Waals surface area contributed by atoms with Gasteiger partial charge in [0, 0.05) is 22.7 Å². The average molecular weight is 394 g/mol. The Balaban J connectivity index is 1.69. The summed E-state index contributed by atoms with van der Waals surface area (Å²) in [6, 6.07) is 17.7. The molecule has 1 aromatic heterocycles. The van der Waals surface area contributed by atoms with Crippen molar-refractivity contribution >= 4 is 23.4 Å². The van der Waals surface area contributed by atoms with Gasteiger partial charge in [-0.2, -0.15) is 0 Å². The molecule has 0 aliphatic carbocycles. The lowest BCUT2D eigenvalue weighted by molar-refractivity contribution is -0.115. The highest BCUT2D eigenvalue weighted by Crippen LogP contribution is 2.19. The Morgan fingerprint density at radius 3 is 2.54 bits per heavy atom. The molecule has 0 radical (unpaired) electrons. The van der Waals surface area contributed by atoms with Gasteiger partial charge in [0.2, 0.25) is 5.91 Å². The fourth-order valence-corrected chi connectivity index (χ4v) is 3.75. The molecule has 2 N–H and O–H groups in total. The van der Waals surface area contributed by atoms with Gasteiger partial charge in [-0.15, -0.1) is 0 Å². The van der Waals surface area contributed by atoms with Crippen LogP contribution in [0.25, 0.3) is 0 Å². The number of hydrogen-bond donors (Lipinski definition) is 2. The summed E-state index contributed by atoms with van der Waals surface area (Å²) in [5.74, 6) is 0.498. The zero-order valence-corrected chi connectivity index (χ0v) is 16.8. The van der Waals surface area contributed by atoms with Crippen LogP contribution in [0, 0.1) is 6.92 Å². The highest BCUT2D eigenvalue weighted by Gasteiger charge is 2.14. The molecule has 0 fully saturated rings. The van der Waals surface area contributed by atoms with E-state index in [1.54, 1.807) is 6.92 Å². The molecule has 0 bridgehead atoms. The molecule has 1 heterocycles. The number of anilines is 1. The number of H-pyrrole nitrogens is 1. The van der Waals surface area contributed by atoms with E-state index in [0.717, 1.165) is 29.0 Å². The van der Waals surface area contributed by atoms with Gasteiger partial charge >= 0.3 is 0 Å². The van der Waals surface area contributed by atoms with E-state index in [2.05, 4.69) is 15.3 Å². The Hall–Kier alpha value is -2.86. The van der Waals surface area contributed by atoms with Crippen LogP contribution in [0.15, 0.2) is 64.5 Å². The van der Waals surface area contributed by atoms with Crippen LogP contribution >= 0.6 is 11.8 Å². The van der Waals surface area contributed by atoms with Gasteiger partial charge in [-0.3, -0.25) is 9.59 Å². The molecule has 3 rings (SSSR count). The van der Waals surface area contributed by atoms with Crippen LogP contribution in [0.3, 0.4) is 0 Å². The third kappa shape index (κ3) is 5.10. The Morgan fingerprint density at radius 2 is 1.82 bits per heavy atom. The van der Waals surface area contributed by atoms with Gasteiger partial charge in [-0.25, -0.2) is 4.98 Å². The van der Waals surface area contributed by atoms with Crippen LogP contribution in [0.1, 0.15) is 29.3 Å². The van der Waals surface area contributed by atoms with Crippen LogP contribution in [0.2, 0.25) is 0 Å². The minimum absolute atomic E-state index is 0.00412. The fourth-order valence-electron chi connectivity index (χ4n) is 2.89. The van der Waals surface area contributed by atoms with Gasteiger partial charge in [-0.1, -0.05) is 67.2 Å². The third-order valence-electron chi connectivity index (χ3n) is 4.43. The topological polar surface area (TPSA) is 74.8 Å². The van der Waals surface area contributed by atoms with Gasteiger partial charge in [0.1, 0.15) is 0 Å². The van der Waals surface area contributed by atoms with Gasteiger partial charge in [0.05, 0.1) is 6.42 Å². The maximum atomic E-state index is 12.5. The summed E-state index contributed by atoms with van der Waals surface area (Å²) in [6.45, 7) is 3.81. The number of nitrogens with one attached hydrogen (secondary N) is 2. The van der Waals surface area contributed by atoms with E-state index in [1.807, 2.05) is 61.5 Å². The van der Waals surface area contributed by atoms with E-state index < -0.39 is 0 Å². The van der Waals surface area contributed by atoms with E-state index in [-0.39, 0.29) is 17.9 Å². The van der Waals surface area contributed by atoms with E-state index in [9.17, 15) is 9.59 Å². The Kier molecular flexibility index (Phi) is 6.66. The van der Waals surface area contributed by atoms with Crippen molar-refractivity contribution in [1.82, 2.24) is 9.97 Å². The second kappa shape index (κ2) is 9.37. The SMILES string of the molecule is CCc1ccccc1NC(=O)Cc1c(C)nc(SCc2ccccc2)[nH]c1=O. The number of carbonyl (C=O) groups is 1. The molecule has 0 saturated heterocycles. The van der Waals surface area contributed by atoms with Gasteiger partial charge in [0.25, 0.3) is 5.56 Å². The third-order valence-corrected chi connectivity index (χ3v) is 5.37. The van der Waals surface area contributed by atoms with E-state index in [0.29, 0.717) is 16.4 Å². The highest BCUT2D eigenvalue weighted by atomic mass is 32.2. The lowest BCUT2D eigenvalue weighted by Crippen LogP contribution is -2.24. The van der Waals surface area contributed by atoms with Gasteiger partial charge < -0.3 is 10.3 Å². The first kappa shape index (κ1) is 19.9. The smallest absolute Gasteiger partial charge is 0.255 e. The molecule has 144 valence electrons. The van der Waals surface area contributed by atoms with Crippen molar-refractivity contribution in [1.29, 1.82) is 0 Å². The summed E-state index contributed by atoms with van der Waals surface area (Å²) in [6.07, 6.45) is 0.820. The van der Waals surface area contributed by atoms with Crippen LogP contribution in [0.5, 0.6) is 0 Å². The maximum absolute atomic E-state index is 12.5. The quantitative estimate of drug-likeness (QED) is 0.468. The molecule has 0 unspecified atom stereocenters. The van der Waals surface area contributed by atoms with Crippen molar-refractivity contribution in [2.75, 3.05) is 5.32 Å². The summed E-state index contributed by atoms with van der Waals surface area (Å²) < 4.78 is 0. The predicted molar refractivity (Wildman–Crippen MR) is 114 cm³/mol. The monoisotopic (exact) mass is 393 g/mol. The summed E-state index contributed by atoms with van der Waals surface area (Å²) in [7, 11) is 0. The molecule has 0 atom stereocenters. The number of aromatic nitrogens is 2. The Morgan fingerprint density at radius 1 is 1.11 bits per heavy atom. The molecule has 1 amide bonds. The second-order valence-electron chi connectivity index (χ2n) is 6.44. The fraction of sp³-hybridized carbons (Fsp3) is 0.227. The number of thioether (sulfide) groups is 1. The first-order valence-corrected chi connectivity index (χ1v) is 10.2. The molecular formula is C22H23N3O2S. The highest BCUT2D eigenvalue weighted by molar-refractivity contribution is 7.98. The number of para-hydroxylation sites is 1. The minimum atomic E-state index is -0.262. The van der Waals surface area contributed by atoms with E-state index >= 15 is 0 Å². The second-order valence-corrected chi connectivity index (χ2v) is 7.41. The summed E-state index contributed by atoms with van der Waals surface area (Å²) >= 11 is 1.47. The molecular weight excluding hydrogens is 370 g/mol. The van der Waals surface area contributed by atoms with Crippen molar-refractivity contribution in [3.63, 3.8) is 0 Å². The molecule has 6 heteroatoms. The van der Waals surface area contributed by atoms with Crippen LogP contribution in [0.4, 0.5) is 5.69 Å². The van der Waals surface area contributed by atoms with E-state index in [4.69, 9.17) is 0 Å². The van der Waals surface area contributed by atoms with Crippen LogP contribution in [-0.2, 0) is 23.4 Å². The van der Waals surface area contributed by atoms with Crippen molar-refractivity contribution < 1.29 is 4.79 Å². The standard InChI is InChI=1S/C22H23N3O2S/c1-3-17-11-7-8-12-19(17)24-20(26)13-18-15(2)23-22(25-21(18)27)28-14-16-9-5-4-6-10-16/h4-12H,3,13-14H2,1-2H3,(H,24,26)(H,23,25,27). The first-order chi connectivity index (χ1) is 13.6. The number of carbonyl (C=O) groups excluding carboxylic acids is 1. The summed E-state index contributed by atoms with van der Waals surface area (Å²) in [4.78, 5) is 32.2. The molecule has 0 saturated carbocycles. The molecule has 28 heavy (non-hydrogen) atoms. The van der Waals surface area contributed by atoms with Crippen LogP contribution in [-0.4, -0.2) is 15.9 Å². The lowest BCUT2D eigenvalue weighted by atomic mass is 10.1. The average Bonchev–Trinajstić information content (AvgIpc) is 2.70. The zero-order chi connectivity index (χ0) is 19.9. The lowest BCUT2D eigenvalue weighted by Gasteiger charge is -2.11. The predicted octanol–water partition coefficient (Wildman–Crippen LogP) is 4.11. The molecule has 0 spiro atoms. The Bertz CT molecular complexity index is 1020. The number of rotatable bonds is 7. The number of aromatic amines is 1. The zero-order valence-electron chi connectivity index (χ0n) is 16.0. The minimum Gasteiger partial charge on any atom is -0.326 e. The number of benzene rings is 2. The van der Waals surface area contributed by atoms with Crippen molar-refractivity contribution in [3.05, 3.63) is 87.3 Å². The number of hydrogen-bond acceptors (Lipinski definition) is 4. The molecule has 2 aromatic carbocycles. The molecule has 0 aliphatic heterocycles. The number of amides is 1. The molecule has 0 aliphatic rings. The normalized spacial score (nSPS) is 10.6. The first-order valence-electron chi connectivity index (χ1n) is 9.21. The van der Waals surface area contributed by atoms with Crippen molar-refractivity contribution in [2.24, 2.45) is 0 Å². The van der Waals surface area contributed by atoms with Gasteiger partial charge in [0.15, 0.2) is 5.16 Å². The number of aryl methyl sites for hydroxylation is 2. The number of nitrogens with zero attached hydrogens (tertiary/aromatic N) is 1.